The predicted octanol–water partition coefficient (Wildman–Crippen LogP) is 2.90. The number of anilines is 1. The summed E-state index contributed by atoms with van der Waals surface area (Å²) in [6, 6.07) is 7.76. The van der Waals surface area contributed by atoms with Gasteiger partial charge in [0.2, 0.25) is 0 Å². The molecular formula is C19H19ClN4O5. The lowest BCUT2D eigenvalue weighted by molar-refractivity contribution is -0.152. The molecule has 2 rings (SSSR count). The fourth-order valence-corrected chi connectivity index (χ4v) is 2.60. The molecule has 0 unspecified atom stereocenters. The number of nitriles is 1. The Hall–Kier alpha value is -3.38. The average molecular weight is 419 g/mol. The van der Waals surface area contributed by atoms with Gasteiger partial charge in [-0.1, -0.05) is 11.6 Å². The SMILES string of the molecule is COC(=O)Nc1cc(Cl)ccc1-c1cc(=O)n(CC(=O)OC(C)(C)C#N)c(C)n1. The summed E-state index contributed by atoms with van der Waals surface area (Å²) in [5, 5.41) is 11.8. The first kappa shape index (κ1) is 21.9. The van der Waals surface area contributed by atoms with Gasteiger partial charge in [-0.15, -0.1) is 0 Å². The number of esters is 1. The molecule has 0 aliphatic carbocycles. The van der Waals surface area contributed by atoms with E-state index in [2.05, 4.69) is 15.0 Å². The standard InChI is InChI=1S/C19H19ClN4O5/c1-11-22-15(13-6-5-12(20)7-14(13)23-18(27)28-4)8-16(25)24(11)9-17(26)29-19(2,3)10-21/h5-8H,9H2,1-4H3,(H,23,27). The number of halogens is 1. The number of ether oxygens (including phenoxy) is 2. The molecule has 0 bridgehead atoms. The van der Waals surface area contributed by atoms with Crippen LogP contribution in [0.4, 0.5) is 10.5 Å². The van der Waals surface area contributed by atoms with Gasteiger partial charge in [-0.3, -0.25) is 19.5 Å². The molecule has 0 aliphatic rings. The number of aryl methyl sites for hydroxylation is 1. The van der Waals surface area contributed by atoms with Crippen molar-refractivity contribution in [2.75, 3.05) is 12.4 Å². The highest BCUT2D eigenvalue weighted by Gasteiger charge is 2.23. The minimum absolute atomic E-state index is 0.248. The summed E-state index contributed by atoms with van der Waals surface area (Å²) in [5.74, 6) is -0.492. The number of amides is 1. The van der Waals surface area contributed by atoms with Crippen molar-refractivity contribution in [1.82, 2.24) is 9.55 Å². The number of aromatic nitrogens is 2. The zero-order valence-corrected chi connectivity index (χ0v) is 17.0. The summed E-state index contributed by atoms with van der Waals surface area (Å²) < 4.78 is 10.8. The van der Waals surface area contributed by atoms with Gasteiger partial charge < -0.3 is 9.47 Å². The molecule has 2 aromatic rings. The van der Waals surface area contributed by atoms with Gasteiger partial charge in [0.15, 0.2) is 5.60 Å². The van der Waals surface area contributed by atoms with Gasteiger partial charge >= 0.3 is 12.1 Å². The van der Waals surface area contributed by atoms with Crippen LogP contribution in [-0.4, -0.2) is 34.3 Å². The van der Waals surface area contributed by atoms with Crippen molar-refractivity contribution in [2.24, 2.45) is 0 Å². The lowest BCUT2D eigenvalue weighted by atomic mass is 10.1. The Bertz CT molecular complexity index is 1060. The van der Waals surface area contributed by atoms with Gasteiger partial charge in [0, 0.05) is 16.7 Å². The van der Waals surface area contributed by atoms with Gasteiger partial charge in [0.05, 0.1) is 18.5 Å². The normalized spacial score (nSPS) is 10.8. The molecular weight excluding hydrogens is 400 g/mol. The number of rotatable bonds is 5. The van der Waals surface area contributed by atoms with Crippen molar-refractivity contribution in [3.63, 3.8) is 0 Å². The van der Waals surface area contributed by atoms with Crippen LogP contribution in [0.15, 0.2) is 29.1 Å². The van der Waals surface area contributed by atoms with Gasteiger partial charge in [-0.2, -0.15) is 5.26 Å². The highest BCUT2D eigenvalue weighted by molar-refractivity contribution is 6.31. The van der Waals surface area contributed by atoms with Gasteiger partial charge in [-0.25, -0.2) is 9.78 Å². The van der Waals surface area contributed by atoms with Crippen molar-refractivity contribution in [2.45, 2.75) is 32.9 Å². The van der Waals surface area contributed by atoms with Gasteiger partial charge in [-0.05, 0) is 39.0 Å². The lowest BCUT2D eigenvalue weighted by Gasteiger charge is -2.18. The van der Waals surface area contributed by atoms with Crippen molar-refractivity contribution in [1.29, 1.82) is 5.26 Å². The van der Waals surface area contributed by atoms with Gasteiger partial charge in [0.1, 0.15) is 18.4 Å². The van der Waals surface area contributed by atoms with E-state index in [0.717, 1.165) is 4.57 Å². The summed E-state index contributed by atoms with van der Waals surface area (Å²) in [5.41, 5.74) is -0.778. The predicted molar refractivity (Wildman–Crippen MR) is 105 cm³/mol. The third-order valence-corrected chi connectivity index (χ3v) is 4.04. The second-order valence-electron chi connectivity index (χ2n) is 6.52. The first-order valence-electron chi connectivity index (χ1n) is 8.43. The molecule has 0 radical (unpaired) electrons. The first-order chi connectivity index (χ1) is 13.6. The molecule has 10 heteroatoms. The molecule has 0 saturated heterocycles. The van der Waals surface area contributed by atoms with Crippen molar-refractivity contribution in [3.8, 4) is 17.3 Å². The van der Waals surface area contributed by atoms with Gasteiger partial charge in [0.25, 0.3) is 5.56 Å². The maximum atomic E-state index is 12.6. The minimum atomic E-state index is -1.31. The molecule has 0 atom stereocenters. The smallest absolute Gasteiger partial charge is 0.411 e. The number of benzene rings is 1. The van der Waals surface area contributed by atoms with Crippen LogP contribution in [0.3, 0.4) is 0 Å². The van der Waals surface area contributed by atoms with Crippen molar-refractivity contribution in [3.05, 3.63) is 45.5 Å². The monoisotopic (exact) mass is 418 g/mol. The van der Waals surface area contributed by atoms with E-state index in [1.54, 1.807) is 19.1 Å². The van der Waals surface area contributed by atoms with E-state index in [0.29, 0.717) is 16.3 Å². The van der Waals surface area contributed by atoms with E-state index in [4.69, 9.17) is 21.6 Å². The molecule has 0 saturated carbocycles. The van der Waals surface area contributed by atoms with Crippen LogP contribution >= 0.6 is 11.6 Å². The number of carbonyl (C=O) groups is 2. The molecule has 29 heavy (non-hydrogen) atoms. The third kappa shape index (κ3) is 5.56. The number of hydrogen-bond acceptors (Lipinski definition) is 7. The Balaban J connectivity index is 2.40. The average Bonchev–Trinajstić information content (AvgIpc) is 2.64. The molecule has 9 nitrogen and oxygen atoms in total. The minimum Gasteiger partial charge on any atom is -0.453 e. The molecule has 152 valence electrons. The van der Waals surface area contributed by atoms with Crippen molar-refractivity contribution < 1.29 is 19.1 Å². The fraction of sp³-hybridized carbons (Fsp3) is 0.316. The molecule has 1 N–H and O–H groups in total. The summed E-state index contributed by atoms with van der Waals surface area (Å²) in [7, 11) is 1.22. The molecule has 1 amide bonds. The van der Waals surface area contributed by atoms with Crippen LogP contribution in [0.1, 0.15) is 19.7 Å². The van der Waals surface area contributed by atoms with Crippen LogP contribution in [-0.2, 0) is 20.8 Å². The van der Waals surface area contributed by atoms with Crippen LogP contribution < -0.4 is 10.9 Å². The highest BCUT2D eigenvalue weighted by atomic mass is 35.5. The van der Waals surface area contributed by atoms with Crippen molar-refractivity contribution >= 4 is 29.4 Å². The second kappa shape index (κ2) is 8.75. The van der Waals surface area contributed by atoms with E-state index in [1.807, 2.05) is 6.07 Å². The Kier molecular flexibility index (Phi) is 6.61. The van der Waals surface area contributed by atoms with E-state index in [9.17, 15) is 14.4 Å². The number of hydrogen-bond donors (Lipinski definition) is 1. The zero-order chi connectivity index (χ0) is 21.8. The summed E-state index contributed by atoms with van der Waals surface area (Å²) >= 11 is 5.99. The van der Waals surface area contributed by atoms with Crippen LogP contribution in [0, 0.1) is 18.3 Å². The summed E-state index contributed by atoms with van der Waals surface area (Å²) in [6.07, 6.45) is -0.707. The summed E-state index contributed by atoms with van der Waals surface area (Å²) in [6.45, 7) is 4.05. The maximum Gasteiger partial charge on any atom is 0.411 e. The molecule has 1 aromatic carbocycles. The number of nitrogens with zero attached hydrogens (tertiary/aromatic N) is 3. The quantitative estimate of drug-likeness (QED) is 0.740. The van der Waals surface area contributed by atoms with Crippen LogP contribution in [0.2, 0.25) is 5.02 Å². The Morgan fingerprint density at radius 1 is 1.34 bits per heavy atom. The molecule has 0 aliphatic heterocycles. The number of nitrogens with one attached hydrogen (secondary N) is 1. The topological polar surface area (TPSA) is 123 Å². The fourth-order valence-electron chi connectivity index (χ4n) is 2.42. The van der Waals surface area contributed by atoms with E-state index < -0.39 is 29.8 Å². The maximum absolute atomic E-state index is 12.6. The summed E-state index contributed by atoms with van der Waals surface area (Å²) in [4.78, 5) is 40.6. The van der Waals surface area contributed by atoms with E-state index >= 15 is 0 Å². The Morgan fingerprint density at radius 2 is 2.03 bits per heavy atom. The van der Waals surface area contributed by atoms with E-state index in [1.165, 1.54) is 33.1 Å². The van der Waals surface area contributed by atoms with Crippen LogP contribution in [0.25, 0.3) is 11.3 Å². The number of carbonyl (C=O) groups excluding carboxylic acids is 2. The first-order valence-corrected chi connectivity index (χ1v) is 8.80. The lowest BCUT2D eigenvalue weighted by Crippen LogP contribution is -2.32. The van der Waals surface area contributed by atoms with Crippen LogP contribution in [0.5, 0.6) is 0 Å². The van der Waals surface area contributed by atoms with E-state index in [-0.39, 0.29) is 11.5 Å². The molecule has 0 fully saturated rings. The number of methoxy groups -OCH3 is 1. The molecule has 1 aromatic heterocycles. The third-order valence-electron chi connectivity index (χ3n) is 3.80. The molecule has 1 heterocycles. The Labute approximate surface area is 171 Å². The zero-order valence-electron chi connectivity index (χ0n) is 16.3. The Morgan fingerprint density at radius 3 is 2.62 bits per heavy atom. The highest BCUT2D eigenvalue weighted by Crippen LogP contribution is 2.29. The second-order valence-corrected chi connectivity index (χ2v) is 6.95. The largest absolute Gasteiger partial charge is 0.453 e. The molecule has 0 spiro atoms.